The third kappa shape index (κ3) is 2.95. The molecule has 1 unspecified atom stereocenters. The van der Waals surface area contributed by atoms with Crippen LogP contribution in [0.3, 0.4) is 0 Å². The minimum absolute atomic E-state index is 0.0288. The number of imide groups is 1. The van der Waals surface area contributed by atoms with Crippen LogP contribution in [0.1, 0.15) is 29.2 Å². The quantitative estimate of drug-likeness (QED) is 0.532. The molecule has 0 radical (unpaired) electrons. The van der Waals surface area contributed by atoms with Crippen LogP contribution in [0.15, 0.2) is 65.1 Å². The van der Waals surface area contributed by atoms with Crippen LogP contribution in [-0.2, 0) is 16.1 Å². The molecule has 0 spiro atoms. The number of para-hydroxylation sites is 2. The van der Waals surface area contributed by atoms with Gasteiger partial charge in [-0.25, -0.2) is 0 Å². The van der Waals surface area contributed by atoms with Crippen molar-refractivity contribution in [2.24, 2.45) is 0 Å². The molecule has 5 rings (SSSR count). The van der Waals surface area contributed by atoms with Crippen molar-refractivity contribution in [2.75, 3.05) is 6.54 Å². The Morgan fingerprint density at radius 2 is 1.80 bits per heavy atom. The molecule has 0 bridgehead atoms. The Hall–Kier alpha value is -3.87. The van der Waals surface area contributed by atoms with Crippen molar-refractivity contribution in [3.8, 4) is 0 Å². The number of hydrogen-bond acceptors (Lipinski definition) is 4. The highest BCUT2D eigenvalue weighted by atomic mass is 16.3. The maximum absolute atomic E-state index is 12.9. The monoisotopic (exact) mass is 401 g/mol. The van der Waals surface area contributed by atoms with E-state index in [0.29, 0.717) is 11.5 Å². The van der Waals surface area contributed by atoms with E-state index in [2.05, 4.69) is 5.32 Å². The van der Waals surface area contributed by atoms with Crippen molar-refractivity contribution in [1.29, 1.82) is 0 Å². The van der Waals surface area contributed by atoms with Gasteiger partial charge in [0.1, 0.15) is 30.1 Å². The second kappa shape index (κ2) is 6.88. The summed E-state index contributed by atoms with van der Waals surface area (Å²) in [5.41, 5.74) is 1.98. The molecule has 150 valence electrons. The fourth-order valence-corrected chi connectivity index (χ4v) is 3.91. The van der Waals surface area contributed by atoms with Crippen LogP contribution in [0.5, 0.6) is 0 Å². The summed E-state index contributed by atoms with van der Waals surface area (Å²) in [6.07, 6.45) is 0. The molecule has 3 amide bonds. The van der Waals surface area contributed by atoms with Gasteiger partial charge in [0.2, 0.25) is 11.8 Å². The van der Waals surface area contributed by atoms with E-state index in [-0.39, 0.29) is 13.1 Å². The lowest BCUT2D eigenvalue weighted by molar-refractivity contribution is -0.134. The second-order valence-electron chi connectivity index (χ2n) is 7.44. The van der Waals surface area contributed by atoms with Crippen molar-refractivity contribution in [3.63, 3.8) is 0 Å². The van der Waals surface area contributed by atoms with E-state index in [9.17, 15) is 14.4 Å². The van der Waals surface area contributed by atoms with Gasteiger partial charge in [-0.2, -0.15) is 0 Å². The Labute approximate surface area is 171 Å². The average Bonchev–Trinajstić information content (AvgIpc) is 3.33. The zero-order valence-electron chi connectivity index (χ0n) is 16.3. The van der Waals surface area contributed by atoms with Gasteiger partial charge in [-0.1, -0.05) is 36.4 Å². The molecule has 1 N–H and O–H groups in total. The predicted octanol–water partition coefficient (Wildman–Crippen LogP) is 3.25. The number of hydrogen-bond donors (Lipinski definition) is 1. The van der Waals surface area contributed by atoms with Gasteiger partial charge in [0.25, 0.3) is 5.91 Å². The number of carbonyl (C=O) groups excluding carboxylic acids is 3. The molecule has 0 saturated carbocycles. The molecule has 1 aliphatic rings. The topological polar surface area (TPSA) is 84.5 Å². The number of rotatable bonds is 4. The minimum atomic E-state index is -0.464. The lowest BCUT2D eigenvalue weighted by atomic mass is 10.2. The lowest BCUT2D eigenvalue weighted by Gasteiger charge is -2.26. The highest BCUT2D eigenvalue weighted by Crippen LogP contribution is 2.25. The van der Waals surface area contributed by atoms with Crippen molar-refractivity contribution < 1.29 is 18.8 Å². The number of aromatic nitrogens is 1. The Kier molecular flexibility index (Phi) is 4.17. The normalized spacial score (nSPS) is 14.9. The maximum Gasteiger partial charge on any atom is 0.277 e. The van der Waals surface area contributed by atoms with E-state index < -0.39 is 23.8 Å². The summed E-state index contributed by atoms with van der Waals surface area (Å²) in [7, 11) is 0. The molecule has 1 aliphatic heterocycles. The van der Waals surface area contributed by atoms with Gasteiger partial charge in [-0.15, -0.1) is 0 Å². The fourth-order valence-electron chi connectivity index (χ4n) is 3.91. The first-order valence-electron chi connectivity index (χ1n) is 9.72. The maximum atomic E-state index is 12.9. The van der Waals surface area contributed by atoms with Gasteiger partial charge in [-0.05, 0) is 31.2 Å². The largest absolute Gasteiger partial charge is 0.459 e. The highest BCUT2D eigenvalue weighted by molar-refractivity contribution is 6.11. The first kappa shape index (κ1) is 18.2. The smallest absolute Gasteiger partial charge is 0.277 e. The summed E-state index contributed by atoms with van der Waals surface area (Å²) >= 11 is 0. The van der Waals surface area contributed by atoms with Crippen LogP contribution >= 0.6 is 0 Å². The van der Waals surface area contributed by atoms with Gasteiger partial charge in [-0.3, -0.25) is 19.3 Å². The molecule has 4 aromatic rings. The average molecular weight is 401 g/mol. The highest BCUT2D eigenvalue weighted by Gasteiger charge is 2.33. The molecule has 1 atom stereocenters. The van der Waals surface area contributed by atoms with Gasteiger partial charge in [0, 0.05) is 16.3 Å². The van der Waals surface area contributed by atoms with Crippen molar-refractivity contribution >= 4 is 39.6 Å². The number of nitrogens with zero attached hydrogens (tertiary/aromatic N) is 2. The summed E-state index contributed by atoms with van der Waals surface area (Å²) in [4.78, 5) is 39.1. The molecule has 7 heteroatoms. The molecule has 0 aliphatic carbocycles. The number of carbonyl (C=O) groups is 3. The van der Waals surface area contributed by atoms with Crippen LogP contribution < -0.4 is 5.32 Å². The zero-order valence-corrected chi connectivity index (χ0v) is 16.3. The molecular weight excluding hydrogens is 382 g/mol. The van der Waals surface area contributed by atoms with Crippen LogP contribution in [0, 0.1) is 0 Å². The van der Waals surface area contributed by atoms with Gasteiger partial charge in [0.15, 0.2) is 0 Å². The molecule has 2 aromatic carbocycles. The van der Waals surface area contributed by atoms with Crippen molar-refractivity contribution in [1.82, 2.24) is 14.8 Å². The Bertz CT molecular complexity index is 1280. The van der Waals surface area contributed by atoms with E-state index in [1.54, 1.807) is 17.6 Å². The summed E-state index contributed by atoms with van der Waals surface area (Å²) in [5.74, 6) is -0.676. The fraction of sp³-hybridized carbons (Fsp3) is 0.174. The summed E-state index contributed by atoms with van der Waals surface area (Å²) in [6, 6.07) is 18.3. The van der Waals surface area contributed by atoms with Gasteiger partial charge < -0.3 is 14.3 Å². The molecule has 3 heterocycles. The van der Waals surface area contributed by atoms with Crippen LogP contribution in [0.2, 0.25) is 0 Å². The van der Waals surface area contributed by atoms with Crippen LogP contribution in [0.25, 0.3) is 21.9 Å². The lowest BCUT2D eigenvalue weighted by Crippen LogP contribution is -2.49. The Balaban J connectivity index is 1.33. The molecule has 0 fully saturated rings. The second-order valence-corrected chi connectivity index (χ2v) is 7.44. The number of nitrogens with one attached hydrogen (secondary N) is 1. The first-order chi connectivity index (χ1) is 14.5. The van der Waals surface area contributed by atoms with Crippen molar-refractivity contribution in [2.45, 2.75) is 19.5 Å². The Morgan fingerprint density at radius 3 is 2.60 bits per heavy atom. The number of furan rings is 1. The van der Waals surface area contributed by atoms with E-state index in [0.717, 1.165) is 26.8 Å². The number of benzene rings is 2. The molecule has 2 aromatic heterocycles. The first-order valence-corrected chi connectivity index (χ1v) is 9.72. The van der Waals surface area contributed by atoms with Crippen LogP contribution in [-0.4, -0.2) is 33.7 Å². The number of amides is 3. The summed E-state index contributed by atoms with van der Waals surface area (Å²) in [6.45, 7) is 1.50. The standard InChI is InChI=1S/C23H19N3O4/c1-14(20-11-16-7-3-5-9-19(16)30-20)24-21(27)12-26-22(28)13-25-17-8-4-2-6-15(17)10-18(25)23(26)29/h2-11,14H,12-13H2,1H3,(H,24,27). The SMILES string of the molecule is CC(NC(=O)CN1C(=O)Cn2c(cc3ccccc32)C1=O)c1cc2ccccc2o1. The summed E-state index contributed by atoms with van der Waals surface area (Å²) in [5, 5.41) is 4.65. The van der Waals surface area contributed by atoms with E-state index in [1.807, 2.05) is 54.6 Å². The minimum Gasteiger partial charge on any atom is -0.459 e. The number of fused-ring (bicyclic) bond motifs is 4. The molecule has 7 nitrogen and oxygen atoms in total. The molecule has 0 saturated heterocycles. The molecular formula is C23H19N3O4. The van der Waals surface area contributed by atoms with Crippen LogP contribution in [0.4, 0.5) is 0 Å². The third-order valence-corrected chi connectivity index (χ3v) is 5.42. The Morgan fingerprint density at radius 1 is 1.07 bits per heavy atom. The van der Waals surface area contributed by atoms with E-state index in [1.165, 1.54) is 0 Å². The predicted molar refractivity (Wildman–Crippen MR) is 111 cm³/mol. The summed E-state index contributed by atoms with van der Waals surface area (Å²) < 4.78 is 7.48. The third-order valence-electron chi connectivity index (χ3n) is 5.42. The van der Waals surface area contributed by atoms with Gasteiger partial charge in [0.05, 0.1) is 6.04 Å². The van der Waals surface area contributed by atoms with E-state index >= 15 is 0 Å². The van der Waals surface area contributed by atoms with Crippen molar-refractivity contribution in [3.05, 3.63) is 72.1 Å². The van der Waals surface area contributed by atoms with Gasteiger partial charge >= 0.3 is 0 Å². The zero-order chi connectivity index (χ0) is 20.8. The molecule has 30 heavy (non-hydrogen) atoms. The van der Waals surface area contributed by atoms with E-state index in [4.69, 9.17) is 4.42 Å².